The van der Waals surface area contributed by atoms with Crippen LogP contribution < -0.4 is 9.64 Å². The summed E-state index contributed by atoms with van der Waals surface area (Å²) in [5, 5.41) is 8.64. The number of nitrogens with zero attached hydrogens (tertiary/aromatic N) is 2. The van der Waals surface area contributed by atoms with Crippen LogP contribution in [0, 0.1) is 11.3 Å². The lowest BCUT2D eigenvalue weighted by Gasteiger charge is -2.17. The van der Waals surface area contributed by atoms with Gasteiger partial charge in [-0.1, -0.05) is 30.3 Å². The number of carbonyl (C=O) groups excluding carboxylic acids is 1. The van der Waals surface area contributed by atoms with Crippen molar-refractivity contribution < 1.29 is 9.53 Å². The highest BCUT2D eigenvalue weighted by Crippen LogP contribution is 2.27. The van der Waals surface area contributed by atoms with Gasteiger partial charge >= 0.3 is 0 Å². The summed E-state index contributed by atoms with van der Waals surface area (Å²) < 4.78 is 5.55. The third-order valence-corrected chi connectivity index (χ3v) is 3.76. The molecule has 4 heteroatoms. The minimum absolute atomic E-state index is 0.0198. The van der Waals surface area contributed by atoms with Crippen molar-refractivity contribution in [3.8, 4) is 11.8 Å². The van der Waals surface area contributed by atoms with Crippen molar-refractivity contribution in [2.75, 3.05) is 18.1 Å². The van der Waals surface area contributed by atoms with Crippen LogP contribution in [0.2, 0.25) is 0 Å². The SMILES string of the molecule is N#CCc1ccc(OCC(=O)N2CCc3ccccc32)cc1. The smallest absolute Gasteiger partial charge is 0.264 e. The van der Waals surface area contributed by atoms with E-state index < -0.39 is 0 Å². The number of fused-ring (bicyclic) bond motifs is 1. The molecule has 0 spiro atoms. The first-order valence-electron chi connectivity index (χ1n) is 7.25. The molecule has 0 bridgehead atoms. The molecular formula is C18H16N2O2. The molecule has 0 saturated heterocycles. The first kappa shape index (κ1) is 14.2. The Labute approximate surface area is 129 Å². The maximum Gasteiger partial charge on any atom is 0.264 e. The number of para-hydroxylation sites is 1. The second-order valence-electron chi connectivity index (χ2n) is 5.19. The Kier molecular flexibility index (Phi) is 4.06. The zero-order valence-electron chi connectivity index (χ0n) is 12.2. The summed E-state index contributed by atoms with van der Waals surface area (Å²) in [4.78, 5) is 14.1. The Morgan fingerprint density at radius 3 is 2.73 bits per heavy atom. The molecule has 1 aliphatic heterocycles. The van der Waals surface area contributed by atoms with Gasteiger partial charge < -0.3 is 9.64 Å². The van der Waals surface area contributed by atoms with E-state index in [0.717, 1.165) is 17.7 Å². The molecule has 0 saturated carbocycles. The van der Waals surface area contributed by atoms with Gasteiger partial charge in [0.2, 0.25) is 0 Å². The average molecular weight is 292 g/mol. The van der Waals surface area contributed by atoms with Gasteiger partial charge in [-0.15, -0.1) is 0 Å². The number of nitriles is 1. The van der Waals surface area contributed by atoms with E-state index in [1.165, 1.54) is 5.56 Å². The van der Waals surface area contributed by atoms with Gasteiger partial charge in [0.1, 0.15) is 5.75 Å². The monoisotopic (exact) mass is 292 g/mol. The lowest BCUT2D eigenvalue weighted by atomic mass is 10.2. The Morgan fingerprint density at radius 1 is 1.18 bits per heavy atom. The number of ether oxygens (including phenoxy) is 1. The number of hydrogen-bond donors (Lipinski definition) is 0. The minimum Gasteiger partial charge on any atom is -0.484 e. The van der Waals surface area contributed by atoms with Crippen molar-refractivity contribution in [2.24, 2.45) is 0 Å². The Morgan fingerprint density at radius 2 is 1.95 bits per heavy atom. The Hall–Kier alpha value is -2.80. The Bertz CT molecular complexity index is 717. The zero-order valence-corrected chi connectivity index (χ0v) is 12.2. The summed E-state index contributed by atoms with van der Waals surface area (Å²) in [6.45, 7) is 0.731. The van der Waals surface area contributed by atoms with Crippen LogP contribution in [0.15, 0.2) is 48.5 Å². The van der Waals surface area contributed by atoms with Crippen molar-refractivity contribution in [2.45, 2.75) is 12.8 Å². The normalized spacial score (nSPS) is 12.6. The summed E-state index contributed by atoms with van der Waals surface area (Å²) in [5.41, 5.74) is 3.13. The number of rotatable bonds is 4. The lowest BCUT2D eigenvalue weighted by molar-refractivity contribution is -0.120. The molecule has 2 aromatic carbocycles. The van der Waals surface area contributed by atoms with Gasteiger partial charge in [0.05, 0.1) is 12.5 Å². The number of hydrogen-bond acceptors (Lipinski definition) is 3. The van der Waals surface area contributed by atoms with Gasteiger partial charge in [0, 0.05) is 12.2 Å². The maximum absolute atomic E-state index is 12.3. The first-order chi connectivity index (χ1) is 10.8. The van der Waals surface area contributed by atoms with Gasteiger partial charge in [-0.3, -0.25) is 4.79 Å². The van der Waals surface area contributed by atoms with Crippen molar-refractivity contribution in [3.63, 3.8) is 0 Å². The van der Waals surface area contributed by atoms with E-state index in [1.807, 2.05) is 30.3 Å². The molecule has 0 radical (unpaired) electrons. The third-order valence-electron chi connectivity index (χ3n) is 3.76. The highest BCUT2D eigenvalue weighted by molar-refractivity contribution is 5.96. The molecule has 110 valence electrons. The standard InChI is InChI=1S/C18H16N2O2/c19-11-9-14-5-7-16(8-6-14)22-13-18(21)20-12-10-15-3-1-2-4-17(15)20/h1-8H,9-10,12-13H2. The van der Waals surface area contributed by atoms with Gasteiger partial charge in [0.15, 0.2) is 6.61 Å². The predicted molar refractivity (Wildman–Crippen MR) is 83.8 cm³/mol. The molecule has 0 unspecified atom stereocenters. The number of carbonyl (C=O) groups is 1. The summed E-state index contributed by atoms with van der Waals surface area (Å²) in [6, 6.07) is 17.3. The van der Waals surface area contributed by atoms with E-state index in [1.54, 1.807) is 17.0 Å². The molecule has 0 atom stereocenters. The lowest BCUT2D eigenvalue weighted by Crippen LogP contribution is -2.33. The van der Waals surface area contributed by atoms with E-state index in [0.29, 0.717) is 18.7 Å². The molecule has 1 aliphatic rings. The highest BCUT2D eigenvalue weighted by Gasteiger charge is 2.24. The molecule has 2 aromatic rings. The van der Waals surface area contributed by atoms with E-state index in [2.05, 4.69) is 12.1 Å². The zero-order chi connectivity index (χ0) is 15.4. The van der Waals surface area contributed by atoms with Crippen LogP contribution in [-0.2, 0) is 17.6 Å². The van der Waals surface area contributed by atoms with Crippen LogP contribution >= 0.6 is 0 Å². The van der Waals surface area contributed by atoms with E-state index in [4.69, 9.17) is 10.00 Å². The number of anilines is 1. The molecule has 1 amide bonds. The molecule has 3 rings (SSSR count). The van der Waals surface area contributed by atoms with E-state index in [9.17, 15) is 4.79 Å². The predicted octanol–water partition coefficient (Wildman–Crippen LogP) is 2.72. The van der Waals surface area contributed by atoms with Gasteiger partial charge in [-0.05, 0) is 35.7 Å². The van der Waals surface area contributed by atoms with Crippen LogP contribution in [0.1, 0.15) is 11.1 Å². The average Bonchev–Trinajstić information content (AvgIpc) is 2.98. The van der Waals surface area contributed by atoms with Gasteiger partial charge in [-0.2, -0.15) is 5.26 Å². The van der Waals surface area contributed by atoms with Crippen molar-refractivity contribution in [1.29, 1.82) is 5.26 Å². The summed E-state index contributed by atoms with van der Waals surface area (Å²) >= 11 is 0. The van der Waals surface area contributed by atoms with Crippen LogP contribution in [0.3, 0.4) is 0 Å². The van der Waals surface area contributed by atoms with Crippen LogP contribution in [0.4, 0.5) is 5.69 Å². The van der Waals surface area contributed by atoms with Crippen LogP contribution in [0.5, 0.6) is 5.75 Å². The van der Waals surface area contributed by atoms with Crippen molar-refractivity contribution in [3.05, 3.63) is 59.7 Å². The molecule has 1 heterocycles. The van der Waals surface area contributed by atoms with E-state index >= 15 is 0 Å². The summed E-state index contributed by atoms with van der Waals surface area (Å²) in [7, 11) is 0. The fourth-order valence-corrected chi connectivity index (χ4v) is 2.62. The summed E-state index contributed by atoms with van der Waals surface area (Å²) in [5.74, 6) is 0.605. The molecule has 0 N–H and O–H groups in total. The second kappa shape index (κ2) is 6.31. The minimum atomic E-state index is -0.0361. The molecule has 22 heavy (non-hydrogen) atoms. The quantitative estimate of drug-likeness (QED) is 0.870. The topological polar surface area (TPSA) is 53.3 Å². The maximum atomic E-state index is 12.3. The molecule has 0 aliphatic carbocycles. The Balaban J connectivity index is 1.60. The van der Waals surface area contributed by atoms with Crippen LogP contribution in [0.25, 0.3) is 0 Å². The second-order valence-corrected chi connectivity index (χ2v) is 5.19. The first-order valence-corrected chi connectivity index (χ1v) is 7.25. The molecule has 0 fully saturated rings. The fourth-order valence-electron chi connectivity index (χ4n) is 2.62. The van der Waals surface area contributed by atoms with E-state index in [-0.39, 0.29) is 12.5 Å². The number of benzene rings is 2. The summed E-state index contributed by atoms with van der Waals surface area (Å²) in [6.07, 6.45) is 1.27. The molecule has 0 aromatic heterocycles. The molecule has 4 nitrogen and oxygen atoms in total. The van der Waals surface area contributed by atoms with Crippen molar-refractivity contribution >= 4 is 11.6 Å². The third kappa shape index (κ3) is 2.94. The fraction of sp³-hybridized carbons (Fsp3) is 0.222. The van der Waals surface area contributed by atoms with Gasteiger partial charge in [0.25, 0.3) is 5.91 Å². The van der Waals surface area contributed by atoms with Gasteiger partial charge in [-0.25, -0.2) is 0 Å². The van der Waals surface area contributed by atoms with Crippen molar-refractivity contribution in [1.82, 2.24) is 0 Å². The number of amides is 1. The molecular weight excluding hydrogens is 276 g/mol. The highest BCUT2D eigenvalue weighted by atomic mass is 16.5. The largest absolute Gasteiger partial charge is 0.484 e. The van der Waals surface area contributed by atoms with Crippen LogP contribution in [-0.4, -0.2) is 19.1 Å².